The fourth-order valence-electron chi connectivity index (χ4n) is 1.60. The van der Waals surface area contributed by atoms with E-state index in [9.17, 15) is 8.42 Å². The van der Waals surface area contributed by atoms with Crippen LogP contribution in [0.25, 0.3) is 0 Å². The van der Waals surface area contributed by atoms with Crippen molar-refractivity contribution in [2.45, 2.75) is 11.4 Å². The molecule has 2 aromatic rings. The monoisotopic (exact) mass is 344 g/mol. The number of furan rings is 1. The van der Waals surface area contributed by atoms with Gasteiger partial charge in [-0.3, -0.25) is 0 Å². The molecule has 1 aromatic carbocycles. The first-order valence-electron chi connectivity index (χ1n) is 5.45. The summed E-state index contributed by atoms with van der Waals surface area (Å²) >= 11 is 3.22. The first kappa shape index (κ1) is 14.1. The quantitative estimate of drug-likeness (QED) is 0.864. The SMILES string of the molecule is CN(Cc1ccco1)S(=O)(=O)c1ccc(N)cc1Br. The zero-order valence-electron chi connectivity index (χ0n) is 10.2. The largest absolute Gasteiger partial charge is 0.468 e. The molecule has 5 nitrogen and oxygen atoms in total. The number of rotatable bonds is 4. The lowest BCUT2D eigenvalue weighted by molar-refractivity contribution is 0.406. The Morgan fingerprint density at radius 2 is 2.11 bits per heavy atom. The van der Waals surface area contributed by atoms with E-state index in [1.54, 1.807) is 24.3 Å². The Labute approximate surface area is 120 Å². The highest BCUT2D eigenvalue weighted by Gasteiger charge is 2.24. The van der Waals surface area contributed by atoms with Crippen LogP contribution >= 0.6 is 15.9 Å². The molecule has 19 heavy (non-hydrogen) atoms. The number of benzene rings is 1. The van der Waals surface area contributed by atoms with E-state index in [0.29, 0.717) is 15.9 Å². The predicted octanol–water partition coefficient (Wildman–Crippen LogP) is 2.45. The fraction of sp³-hybridized carbons (Fsp3) is 0.167. The topological polar surface area (TPSA) is 76.5 Å². The van der Waals surface area contributed by atoms with E-state index in [1.165, 1.54) is 23.7 Å². The molecule has 0 saturated carbocycles. The van der Waals surface area contributed by atoms with Crippen LogP contribution in [0.5, 0.6) is 0 Å². The number of hydrogen-bond donors (Lipinski definition) is 1. The molecule has 0 spiro atoms. The molecule has 0 aliphatic heterocycles. The molecule has 0 bridgehead atoms. The third-order valence-electron chi connectivity index (χ3n) is 2.60. The molecule has 0 fully saturated rings. The van der Waals surface area contributed by atoms with Gasteiger partial charge in [0, 0.05) is 17.2 Å². The molecule has 0 saturated heterocycles. The summed E-state index contributed by atoms with van der Waals surface area (Å²) in [5.74, 6) is 0.581. The zero-order chi connectivity index (χ0) is 14.0. The van der Waals surface area contributed by atoms with Crippen LogP contribution in [0.15, 0.2) is 50.4 Å². The number of nitrogen functional groups attached to an aromatic ring is 1. The summed E-state index contributed by atoms with van der Waals surface area (Å²) in [6, 6.07) is 8.04. The maximum absolute atomic E-state index is 12.4. The summed E-state index contributed by atoms with van der Waals surface area (Å²) in [4.78, 5) is 0.177. The van der Waals surface area contributed by atoms with Gasteiger partial charge in [-0.2, -0.15) is 4.31 Å². The van der Waals surface area contributed by atoms with Crippen LogP contribution < -0.4 is 5.73 Å². The van der Waals surface area contributed by atoms with E-state index in [2.05, 4.69) is 15.9 Å². The average Bonchev–Trinajstić information content (AvgIpc) is 2.81. The summed E-state index contributed by atoms with van der Waals surface area (Å²) < 4.78 is 31.6. The number of sulfonamides is 1. The molecule has 1 heterocycles. The van der Waals surface area contributed by atoms with Crippen molar-refractivity contribution in [3.8, 4) is 0 Å². The molecule has 0 aliphatic carbocycles. The standard InChI is InChI=1S/C12H13BrN2O3S/c1-15(8-10-3-2-6-18-10)19(16,17)12-5-4-9(14)7-11(12)13/h2-7H,8,14H2,1H3. The molecular weight excluding hydrogens is 332 g/mol. The van der Waals surface area contributed by atoms with E-state index in [0.717, 1.165) is 0 Å². The van der Waals surface area contributed by atoms with Crippen LogP contribution in [-0.4, -0.2) is 19.8 Å². The molecule has 1 aromatic heterocycles. The number of halogens is 1. The van der Waals surface area contributed by atoms with Crippen molar-refractivity contribution < 1.29 is 12.8 Å². The molecule has 0 unspecified atom stereocenters. The van der Waals surface area contributed by atoms with Crippen LogP contribution in [0, 0.1) is 0 Å². The second-order valence-electron chi connectivity index (χ2n) is 4.03. The van der Waals surface area contributed by atoms with Crippen LogP contribution in [0.2, 0.25) is 0 Å². The minimum absolute atomic E-state index is 0.173. The van der Waals surface area contributed by atoms with Crippen molar-refractivity contribution in [2.75, 3.05) is 12.8 Å². The van der Waals surface area contributed by atoms with Crippen molar-refractivity contribution >= 4 is 31.6 Å². The van der Waals surface area contributed by atoms with Crippen molar-refractivity contribution in [3.63, 3.8) is 0 Å². The molecule has 2 N–H and O–H groups in total. The summed E-state index contributed by atoms with van der Waals surface area (Å²) in [5.41, 5.74) is 6.10. The highest BCUT2D eigenvalue weighted by atomic mass is 79.9. The minimum atomic E-state index is -3.59. The van der Waals surface area contributed by atoms with Gasteiger partial charge in [-0.25, -0.2) is 8.42 Å². The van der Waals surface area contributed by atoms with Gasteiger partial charge >= 0.3 is 0 Å². The summed E-state index contributed by atoms with van der Waals surface area (Å²) in [6.07, 6.45) is 1.51. The Morgan fingerprint density at radius 3 is 2.68 bits per heavy atom. The van der Waals surface area contributed by atoms with Gasteiger partial charge < -0.3 is 10.2 Å². The van der Waals surface area contributed by atoms with E-state index in [4.69, 9.17) is 10.2 Å². The Bertz CT molecular complexity index is 668. The normalized spacial score (nSPS) is 11.9. The van der Waals surface area contributed by atoms with Gasteiger partial charge in [0.15, 0.2) is 0 Å². The second kappa shape index (κ2) is 5.36. The van der Waals surface area contributed by atoms with Gasteiger partial charge in [-0.05, 0) is 46.3 Å². The van der Waals surface area contributed by atoms with Gasteiger partial charge in [0.2, 0.25) is 10.0 Å². The van der Waals surface area contributed by atoms with E-state index in [1.807, 2.05) is 0 Å². The number of anilines is 1. The smallest absolute Gasteiger partial charge is 0.244 e. The Kier molecular flexibility index (Phi) is 3.98. The Hall–Kier alpha value is -1.31. The van der Waals surface area contributed by atoms with Crippen molar-refractivity contribution in [2.24, 2.45) is 0 Å². The van der Waals surface area contributed by atoms with Gasteiger partial charge in [0.25, 0.3) is 0 Å². The third-order valence-corrected chi connectivity index (χ3v) is 5.38. The number of nitrogens with zero attached hydrogens (tertiary/aromatic N) is 1. The predicted molar refractivity (Wildman–Crippen MR) is 75.9 cm³/mol. The second-order valence-corrected chi connectivity index (χ2v) is 6.90. The van der Waals surface area contributed by atoms with E-state index in [-0.39, 0.29) is 11.4 Å². The summed E-state index contributed by atoms with van der Waals surface area (Å²) in [5, 5.41) is 0. The molecular formula is C12H13BrN2O3S. The van der Waals surface area contributed by atoms with E-state index < -0.39 is 10.0 Å². The van der Waals surface area contributed by atoms with Gasteiger partial charge in [0.1, 0.15) is 5.76 Å². The first-order chi connectivity index (χ1) is 8.91. The lowest BCUT2D eigenvalue weighted by Crippen LogP contribution is -2.26. The minimum Gasteiger partial charge on any atom is -0.468 e. The van der Waals surface area contributed by atoms with Crippen molar-refractivity contribution in [3.05, 3.63) is 46.8 Å². The zero-order valence-corrected chi connectivity index (χ0v) is 12.6. The van der Waals surface area contributed by atoms with Crippen LogP contribution in [0.4, 0.5) is 5.69 Å². The van der Waals surface area contributed by atoms with Crippen LogP contribution in [0.3, 0.4) is 0 Å². The molecule has 102 valence electrons. The van der Waals surface area contributed by atoms with Gasteiger partial charge in [0.05, 0.1) is 17.7 Å². The average molecular weight is 345 g/mol. The first-order valence-corrected chi connectivity index (χ1v) is 7.68. The maximum Gasteiger partial charge on any atom is 0.244 e. The Balaban J connectivity index is 2.31. The fourth-order valence-corrected chi connectivity index (χ4v) is 3.79. The molecule has 0 aliphatic rings. The molecule has 2 rings (SSSR count). The highest BCUT2D eigenvalue weighted by Crippen LogP contribution is 2.27. The highest BCUT2D eigenvalue weighted by molar-refractivity contribution is 9.10. The molecule has 7 heteroatoms. The maximum atomic E-state index is 12.4. The van der Waals surface area contributed by atoms with Crippen molar-refractivity contribution in [1.82, 2.24) is 4.31 Å². The van der Waals surface area contributed by atoms with Crippen LogP contribution in [-0.2, 0) is 16.6 Å². The van der Waals surface area contributed by atoms with Gasteiger partial charge in [-0.15, -0.1) is 0 Å². The Morgan fingerprint density at radius 1 is 1.37 bits per heavy atom. The summed E-state index contributed by atoms with van der Waals surface area (Å²) in [7, 11) is -2.09. The lowest BCUT2D eigenvalue weighted by atomic mass is 10.3. The molecule has 0 amide bonds. The number of nitrogens with two attached hydrogens (primary N) is 1. The van der Waals surface area contributed by atoms with E-state index >= 15 is 0 Å². The van der Waals surface area contributed by atoms with Crippen molar-refractivity contribution in [1.29, 1.82) is 0 Å². The third kappa shape index (κ3) is 2.99. The number of hydrogen-bond acceptors (Lipinski definition) is 4. The van der Waals surface area contributed by atoms with Crippen LogP contribution in [0.1, 0.15) is 5.76 Å². The molecule has 0 radical (unpaired) electrons. The molecule has 0 atom stereocenters. The van der Waals surface area contributed by atoms with Gasteiger partial charge in [-0.1, -0.05) is 0 Å². The summed E-state index contributed by atoms with van der Waals surface area (Å²) in [6.45, 7) is 0.173. The lowest BCUT2D eigenvalue weighted by Gasteiger charge is -2.17.